The number of guanidine groups is 1. The average molecular weight is 501 g/mol. The molecule has 0 aliphatic heterocycles. The summed E-state index contributed by atoms with van der Waals surface area (Å²) >= 11 is 0. The number of nitrogens with one attached hydrogen (secondary N) is 2. The van der Waals surface area contributed by atoms with E-state index in [1.807, 2.05) is 24.3 Å². The molecular formula is C21H29FIN3O2. The van der Waals surface area contributed by atoms with Gasteiger partial charge in [0.25, 0.3) is 0 Å². The maximum Gasteiger partial charge on any atom is 0.191 e. The molecule has 0 aliphatic carbocycles. The molecule has 28 heavy (non-hydrogen) atoms. The minimum absolute atomic E-state index is 0. The van der Waals surface area contributed by atoms with Crippen LogP contribution >= 0.6 is 24.0 Å². The van der Waals surface area contributed by atoms with Crippen molar-refractivity contribution in [1.82, 2.24) is 10.6 Å². The average Bonchev–Trinajstić information content (AvgIpc) is 2.69. The molecule has 0 fully saturated rings. The van der Waals surface area contributed by atoms with E-state index in [0.29, 0.717) is 18.1 Å². The molecule has 0 radical (unpaired) electrons. The number of rotatable bonds is 8. The van der Waals surface area contributed by atoms with Crippen molar-refractivity contribution in [2.24, 2.45) is 4.99 Å². The van der Waals surface area contributed by atoms with Crippen molar-refractivity contribution < 1.29 is 13.9 Å². The summed E-state index contributed by atoms with van der Waals surface area (Å²) < 4.78 is 24.2. The van der Waals surface area contributed by atoms with Crippen LogP contribution in [0.1, 0.15) is 23.1 Å². The Hall–Kier alpha value is -2.03. The largest absolute Gasteiger partial charge is 0.493 e. The van der Waals surface area contributed by atoms with Crippen LogP contribution in [-0.4, -0.2) is 33.8 Å². The number of methoxy groups -OCH3 is 2. The van der Waals surface area contributed by atoms with Gasteiger partial charge < -0.3 is 20.1 Å². The molecule has 154 valence electrons. The molecule has 0 saturated heterocycles. The Morgan fingerprint density at radius 1 is 1.00 bits per heavy atom. The summed E-state index contributed by atoms with van der Waals surface area (Å²) in [5.41, 5.74) is 2.72. The van der Waals surface area contributed by atoms with Crippen LogP contribution in [0.15, 0.2) is 41.4 Å². The number of benzene rings is 2. The molecule has 2 rings (SSSR count). The molecule has 2 N–H and O–H groups in total. The molecule has 0 heterocycles. The van der Waals surface area contributed by atoms with Gasteiger partial charge in [0.05, 0.1) is 14.2 Å². The van der Waals surface area contributed by atoms with Crippen molar-refractivity contribution in [3.8, 4) is 11.5 Å². The van der Waals surface area contributed by atoms with Gasteiger partial charge in [0, 0.05) is 20.1 Å². The van der Waals surface area contributed by atoms with Gasteiger partial charge in [-0.25, -0.2) is 4.39 Å². The smallest absolute Gasteiger partial charge is 0.191 e. The highest BCUT2D eigenvalue weighted by Crippen LogP contribution is 2.27. The first-order valence-corrected chi connectivity index (χ1v) is 8.97. The number of aryl methyl sites for hydroxylation is 2. The quantitative estimate of drug-likeness (QED) is 0.248. The minimum Gasteiger partial charge on any atom is -0.493 e. The van der Waals surface area contributed by atoms with E-state index in [2.05, 4.69) is 15.6 Å². The molecular weight excluding hydrogens is 472 g/mol. The van der Waals surface area contributed by atoms with Gasteiger partial charge in [-0.05, 0) is 54.7 Å². The van der Waals surface area contributed by atoms with Crippen LogP contribution in [0, 0.1) is 12.7 Å². The van der Waals surface area contributed by atoms with E-state index in [1.54, 1.807) is 40.3 Å². The zero-order valence-corrected chi connectivity index (χ0v) is 19.2. The lowest BCUT2D eigenvalue weighted by molar-refractivity contribution is 0.354. The normalized spacial score (nSPS) is 10.8. The molecule has 0 bridgehead atoms. The van der Waals surface area contributed by atoms with Gasteiger partial charge in [0.15, 0.2) is 17.5 Å². The van der Waals surface area contributed by atoms with E-state index < -0.39 is 0 Å². The lowest BCUT2D eigenvalue weighted by atomic mass is 10.1. The van der Waals surface area contributed by atoms with E-state index in [0.717, 1.165) is 36.4 Å². The molecule has 0 spiro atoms. The molecule has 2 aromatic rings. The molecule has 2 aromatic carbocycles. The Balaban J connectivity index is 0.00000392. The number of aliphatic imine (C=N–C) groups is 1. The third-order valence-electron chi connectivity index (χ3n) is 4.30. The summed E-state index contributed by atoms with van der Waals surface area (Å²) in [7, 11) is 4.99. The van der Waals surface area contributed by atoms with E-state index in [1.165, 1.54) is 5.56 Å². The van der Waals surface area contributed by atoms with Crippen LogP contribution in [0.3, 0.4) is 0 Å². The molecule has 0 saturated carbocycles. The monoisotopic (exact) mass is 501 g/mol. The second-order valence-electron chi connectivity index (χ2n) is 6.23. The third-order valence-corrected chi connectivity index (χ3v) is 4.30. The second kappa shape index (κ2) is 12.4. The fraction of sp³-hybridized carbons (Fsp3) is 0.381. The maximum absolute atomic E-state index is 13.6. The van der Waals surface area contributed by atoms with Gasteiger partial charge in [-0.1, -0.05) is 18.2 Å². The highest BCUT2D eigenvalue weighted by molar-refractivity contribution is 14.0. The van der Waals surface area contributed by atoms with Crippen molar-refractivity contribution in [3.05, 3.63) is 58.9 Å². The molecule has 0 aromatic heterocycles. The topological polar surface area (TPSA) is 54.9 Å². The van der Waals surface area contributed by atoms with Crippen LogP contribution in [-0.2, 0) is 13.0 Å². The van der Waals surface area contributed by atoms with E-state index in [4.69, 9.17) is 9.47 Å². The van der Waals surface area contributed by atoms with Crippen LogP contribution in [0.5, 0.6) is 11.5 Å². The van der Waals surface area contributed by atoms with E-state index in [9.17, 15) is 4.39 Å². The van der Waals surface area contributed by atoms with Gasteiger partial charge in [-0.15, -0.1) is 24.0 Å². The lowest BCUT2D eigenvalue weighted by Gasteiger charge is -2.13. The van der Waals surface area contributed by atoms with Gasteiger partial charge in [-0.2, -0.15) is 0 Å². The highest BCUT2D eigenvalue weighted by Gasteiger charge is 2.05. The van der Waals surface area contributed by atoms with E-state index >= 15 is 0 Å². The number of halogens is 2. The van der Waals surface area contributed by atoms with Crippen LogP contribution in [0.25, 0.3) is 0 Å². The Bertz CT molecular complexity index is 784. The first kappa shape index (κ1) is 24.0. The molecule has 7 heteroatoms. The summed E-state index contributed by atoms with van der Waals surface area (Å²) in [4.78, 5) is 4.20. The first-order valence-electron chi connectivity index (χ1n) is 8.97. The zero-order valence-electron chi connectivity index (χ0n) is 16.8. The molecule has 0 aliphatic rings. The highest BCUT2D eigenvalue weighted by atomic mass is 127. The Labute approximate surface area is 183 Å². The van der Waals surface area contributed by atoms with Crippen LogP contribution in [0.2, 0.25) is 0 Å². The Morgan fingerprint density at radius 3 is 2.36 bits per heavy atom. The van der Waals surface area contributed by atoms with Crippen molar-refractivity contribution in [1.29, 1.82) is 0 Å². The van der Waals surface area contributed by atoms with Crippen molar-refractivity contribution in [2.75, 3.05) is 27.8 Å². The van der Waals surface area contributed by atoms with Crippen molar-refractivity contribution in [3.63, 3.8) is 0 Å². The molecule has 5 nitrogen and oxygen atoms in total. The predicted molar refractivity (Wildman–Crippen MR) is 123 cm³/mol. The second-order valence-corrected chi connectivity index (χ2v) is 6.23. The SMILES string of the molecule is CN=C(NCCCc1ccc(OC)c(OC)c1)NCc1ccc(C)c(F)c1.I. The molecule has 0 amide bonds. The zero-order chi connectivity index (χ0) is 19.6. The van der Waals surface area contributed by atoms with Crippen LogP contribution < -0.4 is 20.1 Å². The first-order chi connectivity index (χ1) is 13.1. The van der Waals surface area contributed by atoms with E-state index in [-0.39, 0.29) is 29.8 Å². The number of hydrogen-bond donors (Lipinski definition) is 2. The Kier molecular flexibility index (Phi) is 10.7. The standard InChI is InChI=1S/C21H28FN3O2.HI/c1-15-7-8-17(12-18(15)22)14-25-21(23-2)24-11-5-6-16-9-10-19(26-3)20(13-16)27-4;/h7-10,12-13H,5-6,11,14H2,1-4H3,(H2,23,24,25);1H. The van der Waals surface area contributed by atoms with Gasteiger partial charge in [0.2, 0.25) is 0 Å². The summed E-state index contributed by atoms with van der Waals surface area (Å²) in [6, 6.07) is 11.2. The third kappa shape index (κ3) is 7.18. The Morgan fingerprint density at radius 2 is 1.71 bits per heavy atom. The maximum atomic E-state index is 13.6. The molecule has 0 unspecified atom stereocenters. The van der Waals surface area contributed by atoms with Crippen molar-refractivity contribution >= 4 is 29.9 Å². The number of hydrogen-bond acceptors (Lipinski definition) is 3. The predicted octanol–water partition coefficient (Wildman–Crippen LogP) is 4.07. The van der Waals surface area contributed by atoms with Gasteiger partial charge in [0.1, 0.15) is 5.82 Å². The summed E-state index contributed by atoms with van der Waals surface area (Å²) in [6.45, 7) is 3.05. The number of nitrogens with zero attached hydrogens (tertiary/aromatic N) is 1. The molecule has 0 atom stereocenters. The summed E-state index contributed by atoms with van der Waals surface area (Å²) in [5.74, 6) is 1.98. The number of ether oxygens (including phenoxy) is 2. The fourth-order valence-electron chi connectivity index (χ4n) is 2.69. The summed E-state index contributed by atoms with van der Waals surface area (Å²) in [6.07, 6.45) is 1.85. The summed E-state index contributed by atoms with van der Waals surface area (Å²) in [5, 5.41) is 6.48. The van der Waals surface area contributed by atoms with Gasteiger partial charge >= 0.3 is 0 Å². The minimum atomic E-state index is -0.188. The van der Waals surface area contributed by atoms with Gasteiger partial charge in [-0.3, -0.25) is 4.99 Å². The fourth-order valence-corrected chi connectivity index (χ4v) is 2.69. The van der Waals surface area contributed by atoms with Crippen LogP contribution in [0.4, 0.5) is 4.39 Å². The lowest BCUT2D eigenvalue weighted by Crippen LogP contribution is -2.37. The van der Waals surface area contributed by atoms with Crippen molar-refractivity contribution in [2.45, 2.75) is 26.3 Å².